The lowest BCUT2D eigenvalue weighted by atomic mass is 10.2. The Labute approximate surface area is 116 Å². The molecule has 1 fully saturated rings. The lowest BCUT2D eigenvalue weighted by molar-refractivity contribution is -0.145. The molecule has 7 heteroatoms. The first-order chi connectivity index (χ1) is 9.72. The zero-order valence-corrected chi connectivity index (χ0v) is 11.4. The summed E-state index contributed by atoms with van der Waals surface area (Å²) in [6.45, 7) is 1.90. The molecule has 0 aromatic carbocycles. The van der Waals surface area contributed by atoms with Crippen LogP contribution in [0.1, 0.15) is 29.6 Å². The van der Waals surface area contributed by atoms with Gasteiger partial charge in [-0.2, -0.15) is 5.10 Å². The van der Waals surface area contributed by atoms with Crippen LogP contribution in [0.5, 0.6) is 5.88 Å². The second-order valence-corrected chi connectivity index (χ2v) is 4.97. The fourth-order valence-electron chi connectivity index (χ4n) is 2.76. The minimum Gasteiger partial charge on any atom is -0.477 e. The highest BCUT2D eigenvalue weighted by Gasteiger charge is 2.37. The van der Waals surface area contributed by atoms with E-state index in [9.17, 15) is 9.59 Å². The molecule has 3 heterocycles. The van der Waals surface area contributed by atoms with Crippen LogP contribution >= 0.6 is 0 Å². The van der Waals surface area contributed by atoms with Gasteiger partial charge in [-0.15, -0.1) is 0 Å². The van der Waals surface area contributed by atoms with Crippen LogP contribution in [0.25, 0.3) is 0 Å². The second kappa shape index (κ2) is 5.15. The minimum atomic E-state index is -0.494. The summed E-state index contributed by atoms with van der Waals surface area (Å²) in [5.74, 6) is -0.0596. The number of ether oxygens (including phenoxy) is 2. The van der Waals surface area contributed by atoms with E-state index in [1.54, 1.807) is 9.58 Å². The van der Waals surface area contributed by atoms with Crippen molar-refractivity contribution in [2.24, 2.45) is 0 Å². The highest BCUT2D eigenvalue weighted by molar-refractivity contribution is 5.98. The van der Waals surface area contributed by atoms with E-state index in [1.165, 1.54) is 13.3 Å². The fraction of sp³-hybridized carbons (Fsp3) is 0.615. The number of nitrogens with zero attached hydrogens (tertiary/aromatic N) is 3. The van der Waals surface area contributed by atoms with Crippen molar-refractivity contribution in [1.82, 2.24) is 14.7 Å². The molecule has 1 aromatic rings. The van der Waals surface area contributed by atoms with E-state index >= 15 is 0 Å². The molecule has 0 radical (unpaired) electrons. The summed E-state index contributed by atoms with van der Waals surface area (Å²) in [7, 11) is 1.34. The van der Waals surface area contributed by atoms with Crippen LogP contribution < -0.4 is 4.74 Å². The van der Waals surface area contributed by atoms with Crippen LogP contribution in [0.3, 0.4) is 0 Å². The number of carbonyl (C=O) groups is 2. The average Bonchev–Trinajstić information content (AvgIpc) is 3.12. The van der Waals surface area contributed by atoms with Crippen molar-refractivity contribution >= 4 is 11.9 Å². The fourth-order valence-corrected chi connectivity index (χ4v) is 2.76. The van der Waals surface area contributed by atoms with Crippen molar-refractivity contribution in [3.05, 3.63) is 11.8 Å². The van der Waals surface area contributed by atoms with Gasteiger partial charge < -0.3 is 14.4 Å². The number of esters is 1. The van der Waals surface area contributed by atoms with Crippen LogP contribution in [0.15, 0.2) is 6.20 Å². The van der Waals surface area contributed by atoms with Crippen LogP contribution in [-0.4, -0.2) is 52.9 Å². The molecule has 108 valence electrons. The van der Waals surface area contributed by atoms with Crippen molar-refractivity contribution < 1.29 is 19.1 Å². The van der Waals surface area contributed by atoms with Crippen molar-refractivity contribution in [1.29, 1.82) is 0 Å². The number of aromatic nitrogens is 2. The number of amides is 1. The van der Waals surface area contributed by atoms with Gasteiger partial charge in [0.15, 0.2) is 0 Å². The molecule has 1 saturated heterocycles. The maximum absolute atomic E-state index is 12.6. The van der Waals surface area contributed by atoms with E-state index in [2.05, 4.69) is 5.10 Å². The van der Waals surface area contributed by atoms with E-state index in [4.69, 9.17) is 9.47 Å². The molecule has 0 saturated carbocycles. The SMILES string of the molecule is COC(=O)[C@@H]1CCCN1C(=O)c1cnn2c1OCCC2. The Hall–Kier alpha value is -2.05. The summed E-state index contributed by atoms with van der Waals surface area (Å²) in [6, 6.07) is -0.494. The number of methoxy groups -OCH3 is 1. The molecule has 0 bridgehead atoms. The molecule has 0 unspecified atom stereocenters. The molecule has 1 aromatic heterocycles. The van der Waals surface area contributed by atoms with Crippen molar-refractivity contribution in [3.8, 4) is 5.88 Å². The number of likely N-dealkylation sites (tertiary alicyclic amines) is 1. The lowest BCUT2D eigenvalue weighted by Gasteiger charge is -2.23. The molecule has 0 spiro atoms. The smallest absolute Gasteiger partial charge is 0.328 e. The van der Waals surface area contributed by atoms with E-state index < -0.39 is 6.04 Å². The zero-order valence-electron chi connectivity index (χ0n) is 11.4. The zero-order chi connectivity index (χ0) is 14.1. The summed E-state index contributed by atoms with van der Waals surface area (Å²) in [5, 5.41) is 4.17. The van der Waals surface area contributed by atoms with Crippen LogP contribution in [-0.2, 0) is 16.1 Å². The van der Waals surface area contributed by atoms with Crippen LogP contribution in [0.4, 0.5) is 0 Å². The van der Waals surface area contributed by atoms with Gasteiger partial charge in [-0.05, 0) is 12.8 Å². The lowest BCUT2D eigenvalue weighted by Crippen LogP contribution is -2.41. The molecule has 2 aliphatic heterocycles. The highest BCUT2D eigenvalue weighted by atomic mass is 16.5. The monoisotopic (exact) mass is 279 g/mol. The van der Waals surface area contributed by atoms with Crippen LogP contribution in [0, 0.1) is 0 Å². The number of hydrogen-bond acceptors (Lipinski definition) is 5. The van der Waals surface area contributed by atoms with Crippen molar-refractivity contribution in [2.75, 3.05) is 20.3 Å². The predicted octanol–water partition coefficient (Wildman–Crippen LogP) is 0.443. The number of carbonyl (C=O) groups excluding carboxylic acids is 2. The van der Waals surface area contributed by atoms with Gasteiger partial charge in [0.05, 0.1) is 19.9 Å². The van der Waals surface area contributed by atoms with Gasteiger partial charge in [-0.25, -0.2) is 9.48 Å². The van der Waals surface area contributed by atoms with E-state index in [1.807, 2.05) is 0 Å². The summed E-state index contributed by atoms with van der Waals surface area (Å²) >= 11 is 0. The third-order valence-electron chi connectivity index (χ3n) is 3.76. The molecule has 0 N–H and O–H groups in total. The van der Waals surface area contributed by atoms with Gasteiger partial charge in [-0.1, -0.05) is 0 Å². The first-order valence-corrected chi connectivity index (χ1v) is 6.80. The molecule has 2 aliphatic rings. The molecule has 1 atom stereocenters. The molecule has 20 heavy (non-hydrogen) atoms. The Balaban J connectivity index is 1.85. The molecular weight excluding hydrogens is 262 g/mol. The molecular formula is C13H17N3O4. The molecule has 7 nitrogen and oxygen atoms in total. The average molecular weight is 279 g/mol. The Morgan fingerprint density at radius 2 is 2.25 bits per heavy atom. The Kier molecular flexibility index (Phi) is 3.33. The number of aryl methyl sites for hydroxylation is 1. The second-order valence-electron chi connectivity index (χ2n) is 4.97. The number of rotatable bonds is 2. The van der Waals surface area contributed by atoms with Gasteiger partial charge in [0.1, 0.15) is 11.6 Å². The number of fused-ring (bicyclic) bond motifs is 1. The first-order valence-electron chi connectivity index (χ1n) is 6.80. The Bertz CT molecular complexity index is 540. The standard InChI is InChI=1S/C13H17N3O4/c1-19-13(18)10-4-2-5-15(10)11(17)9-8-14-16-6-3-7-20-12(9)16/h8,10H,2-7H2,1H3/t10-/m0/s1. The minimum absolute atomic E-state index is 0.207. The van der Waals surface area contributed by atoms with Crippen molar-refractivity contribution in [2.45, 2.75) is 31.8 Å². The molecule has 0 aliphatic carbocycles. The topological polar surface area (TPSA) is 73.7 Å². The third kappa shape index (κ3) is 2.03. The third-order valence-corrected chi connectivity index (χ3v) is 3.76. The van der Waals surface area contributed by atoms with Gasteiger partial charge in [-0.3, -0.25) is 4.79 Å². The highest BCUT2D eigenvalue weighted by Crippen LogP contribution is 2.27. The quantitative estimate of drug-likeness (QED) is 0.735. The van der Waals surface area contributed by atoms with E-state index in [0.29, 0.717) is 31.0 Å². The maximum Gasteiger partial charge on any atom is 0.328 e. The van der Waals surface area contributed by atoms with Gasteiger partial charge >= 0.3 is 5.97 Å². The molecule has 1 amide bonds. The summed E-state index contributed by atoms with van der Waals surface area (Å²) in [4.78, 5) is 25.9. The van der Waals surface area contributed by atoms with Gasteiger partial charge in [0.25, 0.3) is 5.91 Å². The molecule has 3 rings (SSSR count). The Morgan fingerprint density at radius 1 is 1.40 bits per heavy atom. The Morgan fingerprint density at radius 3 is 3.05 bits per heavy atom. The maximum atomic E-state index is 12.6. The summed E-state index contributed by atoms with van der Waals surface area (Å²) in [6.07, 6.45) is 3.85. The summed E-state index contributed by atoms with van der Waals surface area (Å²) in [5.41, 5.74) is 0.431. The van der Waals surface area contributed by atoms with E-state index in [0.717, 1.165) is 19.4 Å². The van der Waals surface area contributed by atoms with Crippen molar-refractivity contribution in [3.63, 3.8) is 0 Å². The number of hydrogen-bond donors (Lipinski definition) is 0. The first kappa shape index (κ1) is 13.0. The van der Waals surface area contributed by atoms with E-state index in [-0.39, 0.29) is 11.9 Å². The largest absolute Gasteiger partial charge is 0.477 e. The summed E-state index contributed by atoms with van der Waals surface area (Å²) < 4.78 is 12.0. The predicted molar refractivity (Wildman–Crippen MR) is 68.4 cm³/mol. The van der Waals surface area contributed by atoms with Gasteiger partial charge in [0.2, 0.25) is 5.88 Å². The van der Waals surface area contributed by atoms with Crippen LogP contribution in [0.2, 0.25) is 0 Å². The normalized spacial score (nSPS) is 21.2. The van der Waals surface area contributed by atoms with Gasteiger partial charge in [0, 0.05) is 19.5 Å².